The lowest BCUT2D eigenvalue weighted by Crippen LogP contribution is -2.11. The molecule has 0 amide bonds. The molecular weight excluding hydrogens is 284 g/mol. The van der Waals surface area contributed by atoms with Crippen LogP contribution in [-0.4, -0.2) is 9.97 Å². The van der Waals surface area contributed by atoms with Crippen LogP contribution in [0.25, 0.3) is 11.3 Å². The fraction of sp³-hybridized carbons (Fsp3) is 0.167. The van der Waals surface area contributed by atoms with Crippen molar-refractivity contribution in [2.24, 2.45) is 0 Å². The maximum atomic E-state index is 13.4. The average molecular weight is 291 g/mol. The molecule has 0 aliphatic heterocycles. The largest absolute Gasteiger partial charge is 0.451 e. The molecule has 0 aliphatic carbocycles. The molecule has 7 heteroatoms. The zero-order valence-corrected chi connectivity index (χ0v) is 10.3. The van der Waals surface area contributed by atoms with Crippen LogP contribution < -0.4 is 0 Å². The molecule has 2 aromatic rings. The van der Waals surface area contributed by atoms with E-state index in [9.17, 15) is 17.6 Å². The van der Waals surface area contributed by atoms with Gasteiger partial charge in [-0.3, -0.25) is 0 Å². The predicted molar refractivity (Wildman–Crippen MR) is 62.2 cm³/mol. The van der Waals surface area contributed by atoms with Crippen molar-refractivity contribution in [1.82, 2.24) is 9.97 Å². The number of rotatable bonds is 1. The van der Waals surface area contributed by atoms with Crippen molar-refractivity contribution in [3.05, 3.63) is 46.6 Å². The predicted octanol–water partition coefficient (Wildman–Crippen LogP) is 4.26. The van der Waals surface area contributed by atoms with Gasteiger partial charge in [0.1, 0.15) is 11.0 Å². The molecule has 0 atom stereocenters. The Kier molecular flexibility index (Phi) is 3.45. The van der Waals surface area contributed by atoms with E-state index < -0.39 is 17.8 Å². The number of benzene rings is 1. The maximum Gasteiger partial charge on any atom is 0.451 e. The number of halogens is 5. The molecule has 2 nitrogen and oxygen atoms in total. The van der Waals surface area contributed by atoms with Gasteiger partial charge in [0.15, 0.2) is 0 Å². The third-order valence-electron chi connectivity index (χ3n) is 2.49. The molecule has 19 heavy (non-hydrogen) atoms. The van der Waals surface area contributed by atoms with E-state index in [0.717, 1.165) is 0 Å². The summed E-state index contributed by atoms with van der Waals surface area (Å²) in [6, 6.07) is 5.24. The third kappa shape index (κ3) is 2.84. The lowest BCUT2D eigenvalue weighted by Gasteiger charge is -2.10. The van der Waals surface area contributed by atoms with E-state index in [4.69, 9.17) is 11.6 Å². The molecule has 100 valence electrons. The number of alkyl halides is 3. The van der Waals surface area contributed by atoms with Crippen molar-refractivity contribution in [1.29, 1.82) is 0 Å². The van der Waals surface area contributed by atoms with E-state index in [0.29, 0.717) is 0 Å². The normalized spacial score (nSPS) is 11.7. The molecule has 0 N–H and O–H groups in total. The highest BCUT2D eigenvalue weighted by atomic mass is 35.5. The Labute approximate surface area is 111 Å². The zero-order valence-electron chi connectivity index (χ0n) is 9.59. The summed E-state index contributed by atoms with van der Waals surface area (Å²) >= 11 is 5.55. The van der Waals surface area contributed by atoms with Crippen molar-refractivity contribution in [2.45, 2.75) is 13.1 Å². The van der Waals surface area contributed by atoms with E-state index in [1.807, 2.05) is 0 Å². The minimum absolute atomic E-state index is 0.0654. The van der Waals surface area contributed by atoms with Gasteiger partial charge in [-0.15, -0.1) is 0 Å². The highest BCUT2D eigenvalue weighted by molar-refractivity contribution is 6.29. The Hall–Kier alpha value is -1.69. The first-order valence-electron chi connectivity index (χ1n) is 5.16. The fourth-order valence-electron chi connectivity index (χ4n) is 1.57. The maximum absolute atomic E-state index is 13.4. The fourth-order valence-corrected chi connectivity index (χ4v) is 1.75. The Morgan fingerprint density at radius 2 is 1.84 bits per heavy atom. The van der Waals surface area contributed by atoms with Gasteiger partial charge < -0.3 is 0 Å². The molecule has 0 spiro atoms. The van der Waals surface area contributed by atoms with Crippen LogP contribution in [0.3, 0.4) is 0 Å². The van der Waals surface area contributed by atoms with Gasteiger partial charge in [-0.2, -0.15) is 13.2 Å². The number of hydrogen-bond acceptors (Lipinski definition) is 2. The second kappa shape index (κ2) is 4.77. The highest BCUT2D eigenvalue weighted by Gasteiger charge is 2.35. The van der Waals surface area contributed by atoms with Gasteiger partial charge in [-0.1, -0.05) is 23.7 Å². The monoisotopic (exact) mass is 290 g/mol. The molecule has 1 aromatic heterocycles. The first-order chi connectivity index (χ1) is 8.79. The molecule has 2 rings (SSSR count). The average Bonchev–Trinajstić information content (AvgIpc) is 2.31. The van der Waals surface area contributed by atoms with Crippen molar-refractivity contribution in [3.8, 4) is 11.3 Å². The topological polar surface area (TPSA) is 25.8 Å². The summed E-state index contributed by atoms with van der Waals surface area (Å²) in [7, 11) is 0. The summed E-state index contributed by atoms with van der Waals surface area (Å²) < 4.78 is 51.2. The van der Waals surface area contributed by atoms with Crippen LogP contribution >= 0.6 is 11.6 Å². The van der Waals surface area contributed by atoms with Crippen LogP contribution in [0.1, 0.15) is 11.4 Å². The van der Waals surface area contributed by atoms with Gasteiger partial charge in [-0.05, 0) is 18.6 Å². The van der Waals surface area contributed by atoms with E-state index in [-0.39, 0.29) is 22.0 Å². The van der Waals surface area contributed by atoms with Gasteiger partial charge >= 0.3 is 6.18 Å². The summed E-state index contributed by atoms with van der Waals surface area (Å²) in [4.78, 5) is 6.51. The Morgan fingerprint density at radius 3 is 2.47 bits per heavy atom. The Bertz CT molecular complexity index is 626. The summed E-state index contributed by atoms with van der Waals surface area (Å²) in [5.74, 6) is -1.88. The molecule has 0 aliphatic rings. The Morgan fingerprint density at radius 1 is 1.16 bits per heavy atom. The SMILES string of the molecule is Cc1c(F)cccc1-c1cc(Cl)nc(C(F)(F)F)n1. The lowest BCUT2D eigenvalue weighted by molar-refractivity contribution is -0.144. The standard InChI is InChI=1S/C12H7ClF4N2/c1-6-7(3-2-4-8(6)14)9-5-10(13)19-11(18-9)12(15,16)17/h2-5H,1H3. The molecule has 0 fully saturated rings. The molecular formula is C12H7ClF4N2. The first-order valence-corrected chi connectivity index (χ1v) is 5.54. The zero-order chi connectivity index (χ0) is 14.2. The van der Waals surface area contributed by atoms with Gasteiger partial charge in [-0.25, -0.2) is 14.4 Å². The number of aromatic nitrogens is 2. The second-order valence-corrected chi connectivity index (χ2v) is 4.20. The van der Waals surface area contributed by atoms with Crippen LogP contribution in [0, 0.1) is 12.7 Å². The molecule has 1 heterocycles. The van der Waals surface area contributed by atoms with Crippen LogP contribution in [0.5, 0.6) is 0 Å². The molecule has 0 saturated heterocycles. The molecule has 1 aromatic carbocycles. The van der Waals surface area contributed by atoms with E-state index in [1.54, 1.807) is 0 Å². The molecule has 0 radical (unpaired) electrons. The Balaban J connectivity index is 2.63. The van der Waals surface area contributed by atoms with Crippen LogP contribution in [0.15, 0.2) is 24.3 Å². The first kappa shape index (κ1) is 13.7. The number of nitrogens with zero attached hydrogens (tertiary/aromatic N) is 2. The van der Waals surface area contributed by atoms with Crippen molar-refractivity contribution in [3.63, 3.8) is 0 Å². The molecule has 0 bridgehead atoms. The summed E-state index contributed by atoms with van der Waals surface area (Å²) in [6.45, 7) is 1.45. The quantitative estimate of drug-likeness (QED) is 0.579. The van der Waals surface area contributed by atoms with Crippen LogP contribution in [0.4, 0.5) is 17.6 Å². The van der Waals surface area contributed by atoms with E-state index in [1.165, 1.54) is 31.2 Å². The van der Waals surface area contributed by atoms with Crippen molar-refractivity contribution in [2.75, 3.05) is 0 Å². The second-order valence-electron chi connectivity index (χ2n) is 3.81. The van der Waals surface area contributed by atoms with Crippen LogP contribution in [0.2, 0.25) is 5.15 Å². The minimum Gasteiger partial charge on any atom is -0.224 e. The number of hydrogen-bond donors (Lipinski definition) is 0. The minimum atomic E-state index is -4.71. The summed E-state index contributed by atoms with van der Waals surface area (Å²) in [6.07, 6.45) is -4.71. The highest BCUT2D eigenvalue weighted by Crippen LogP contribution is 2.31. The van der Waals surface area contributed by atoms with E-state index in [2.05, 4.69) is 9.97 Å². The van der Waals surface area contributed by atoms with Crippen molar-refractivity contribution < 1.29 is 17.6 Å². The van der Waals surface area contributed by atoms with Gasteiger partial charge in [0.05, 0.1) is 5.69 Å². The lowest BCUT2D eigenvalue weighted by atomic mass is 10.1. The summed E-state index contributed by atoms with van der Waals surface area (Å²) in [5, 5.41) is -0.346. The summed E-state index contributed by atoms with van der Waals surface area (Å²) in [5.41, 5.74) is 0.379. The molecule has 0 unspecified atom stereocenters. The molecule has 0 saturated carbocycles. The van der Waals surface area contributed by atoms with E-state index >= 15 is 0 Å². The third-order valence-corrected chi connectivity index (χ3v) is 2.69. The van der Waals surface area contributed by atoms with Gasteiger partial charge in [0.25, 0.3) is 0 Å². The van der Waals surface area contributed by atoms with Crippen LogP contribution in [-0.2, 0) is 6.18 Å². The smallest absolute Gasteiger partial charge is 0.224 e. The van der Waals surface area contributed by atoms with Crippen molar-refractivity contribution >= 4 is 11.6 Å². The van der Waals surface area contributed by atoms with Gasteiger partial charge in [0.2, 0.25) is 5.82 Å². The van der Waals surface area contributed by atoms with Gasteiger partial charge in [0, 0.05) is 11.6 Å².